The normalized spacial score (nSPS) is 20.7. The molecular weight excluding hydrogens is 799 g/mol. The first kappa shape index (κ1) is 57.9. The average molecular weight is 892 g/mol. The molecule has 1 rings (SSSR count). The van der Waals surface area contributed by atoms with Crippen molar-refractivity contribution in [2.45, 2.75) is 275 Å². The molecular formula is C48H93NO11S. The highest BCUT2D eigenvalue weighted by Gasteiger charge is 2.48. The van der Waals surface area contributed by atoms with Crippen LogP contribution in [0.4, 0.5) is 0 Å². The van der Waals surface area contributed by atoms with Gasteiger partial charge in [-0.2, -0.15) is 8.42 Å². The summed E-state index contributed by atoms with van der Waals surface area (Å²) in [6, 6.07) is -0.938. The number of hydrogen-bond donors (Lipinski definition) is 6. The summed E-state index contributed by atoms with van der Waals surface area (Å²) in [5.41, 5.74) is 0. The molecule has 1 amide bonds. The van der Waals surface area contributed by atoms with Gasteiger partial charge in [-0.1, -0.05) is 219 Å². The number of carbonyl (C=O) groups is 1. The summed E-state index contributed by atoms with van der Waals surface area (Å²) in [5.74, 6) is -0.259. The number of nitrogens with one attached hydrogen (secondary N) is 1. The summed E-state index contributed by atoms with van der Waals surface area (Å²) in [6.07, 6.45) is 35.4. The largest absolute Gasteiger partial charge is 0.397 e. The SMILES string of the molecule is CCCCCCCCCCCCC/C=C/C(O)C(COC1OC(CO)C(O)C(OS(=O)(=O)O)C1O)NC(=O)CCCCCCCCCCCCCCCCCCCCCCC. The van der Waals surface area contributed by atoms with Gasteiger partial charge in [-0.05, 0) is 19.3 Å². The van der Waals surface area contributed by atoms with Gasteiger partial charge in [0.05, 0.1) is 25.4 Å². The lowest BCUT2D eigenvalue weighted by molar-refractivity contribution is -0.298. The van der Waals surface area contributed by atoms with Gasteiger partial charge in [-0.3, -0.25) is 9.35 Å². The Balaban J connectivity index is 2.42. The van der Waals surface area contributed by atoms with Crippen molar-refractivity contribution in [2.75, 3.05) is 13.2 Å². The van der Waals surface area contributed by atoms with E-state index < -0.39 is 59.9 Å². The van der Waals surface area contributed by atoms with Crippen molar-refractivity contribution in [1.82, 2.24) is 5.32 Å². The highest BCUT2D eigenvalue weighted by Crippen LogP contribution is 2.26. The summed E-state index contributed by atoms with van der Waals surface area (Å²) >= 11 is 0. The van der Waals surface area contributed by atoms with Crippen molar-refractivity contribution >= 4 is 16.3 Å². The fourth-order valence-electron chi connectivity index (χ4n) is 8.16. The Morgan fingerprint density at radius 1 is 0.639 bits per heavy atom. The first-order chi connectivity index (χ1) is 29.5. The molecule has 1 saturated heterocycles. The van der Waals surface area contributed by atoms with Gasteiger partial charge < -0.3 is 35.2 Å². The van der Waals surface area contributed by atoms with Crippen LogP contribution in [0, 0.1) is 0 Å². The van der Waals surface area contributed by atoms with Gasteiger partial charge in [-0.15, -0.1) is 0 Å². The zero-order chi connectivity index (χ0) is 44.8. The van der Waals surface area contributed by atoms with Crippen molar-refractivity contribution in [2.24, 2.45) is 0 Å². The standard InChI is InChI=1S/C48H93NO11S/c1-3-5-7-9-11-13-15-17-18-19-20-21-22-23-24-26-28-30-32-34-36-38-44(52)49-41(42(51)37-35-33-31-29-27-25-16-14-12-10-8-6-4-2)40-58-48-46(54)47(60-61(55,56)57)45(53)43(39-50)59-48/h35,37,41-43,45-48,50-51,53-54H,3-34,36,38-40H2,1-2H3,(H,49,52)(H,55,56,57)/b37-35+. The van der Waals surface area contributed by atoms with E-state index in [0.717, 1.165) is 38.5 Å². The number of allylic oxidation sites excluding steroid dienone is 1. The lowest BCUT2D eigenvalue weighted by atomic mass is 9.99. The average Bonchev–Trinajstić information content (AvgIpc) is 3.23. The first-order valence-corrected chi connectivity index (χ1v) is 26.4. The van der Waals surface area contributed by atoms with Crippen LogP contribution in [0.3, 0.4) is 0 Å². The van der Waals surface area contributed by atoms with Crippen LogP contribution in [-0.2, 0) is 28.9 Å². The molecule has 1 aliphatic heterocycles. The van der Waals surface area contributed by atoms with Crippen LogP contribution in [0.1, 0.15) is 232 Å². The highest BCUT2D eigenvalue weighted by atomic mass is 32.3. The third-order valence-electron chi connectivity index (χ3n) is 12.1. The number of amides is 1. The van der Waals surface area contributed by atoms with Gasteiger partial charge in [0.1, 0.15) is 24.4 Å². The molecule has 362 valence electrons. The molecule has 1 fully saturated rings. The molecule has 0 spiro atoms. The van der Waals surface area contributed by atoms with Crippen LogP contribution in [0.5, 0.6) is 0 Å². The van der Waals surface area contributed by atoms with Crippen molar-refractivity contribution in [3.05, 3.63) is 12.2 Å². The van der Waals surface area contributed by atoms with E-state index >= 15 is 0 Å². The second kappa shape index (κ2) is 39.2. The van der Waals surface area contributed by atoms with Gasteiger partial charge >= 0.3 is 10.4 Å². The number of aliphatic hydroxyl groups excluding tert-OH is 4. The molecule has 0 aliphatic carbocycles. The van der Waals surface area contributed by atoms with E-state index in [4.69, 9.17) is 9.47 Å². The number of rotatable bonds is 43. The van der Waals surface area contributed by atoms with Gasteiger partial charge in [-0.25, -0.2) is 4.18 Å². The van der Waals surface area contributed by atoms with Crippen LogP contribution in [0.2, 0.25) is 0 Å². The molecule has 1 heterocycles. The molecule has 0 bridgehead atoms. The molecule has 1 aliphatic rings. The first-order valence-electron chi connectivity index (χ1n) is 25.1. The fourth-order valence-corrected chi connectivity index (χ4v) is 8.67. The van der Waals surface area contributed by atoms with Crippen molar-refractivity contribution < 1.29 is 51.8 Å². The van der Waals surface area contributed by atoms with Gasteiger partial charge in [0, 0.05) is 6.42 Å². The third kappa shape index (κ3) is 32.2. The molecule has 6 N–H and O–H groups in total. The minimum absolute atomic E-state index is 0.259. The Morgan fingerprint density at radius 3 is 1.43 bits per heavy atom. The zero-order valence-corrected chi connectivity index (χ0v) is 39.6. The number of ether oxygens (including phenoxy) is 2. The summed E-state index contributed by atoms with van der Waals surface area (Å²) < 4.78 is 47.6. The quantitative estimate of drug-likeness (QED) is 0.0194. The second-order valence-electron chi connectivity index (χ2n) is 17.8. The van der Waals surface area contributed by atoms with E-state index in [1.165, 1.54) is 167 Å². The maximum absolute atomic E-state index is 13.1. The summed E-state index contributed by atoms with van der Waals surface area (Å²) in [4.78, 5) is 13.1. The lowest BCUT2D eigenvalue weighted by Crippen LogP contribution is -2.61. The van der Waals surface area contributed by atoms with Gasteiger partial charge in [0.15, 0.2) is 6.29 Å². The van der Waals surface area contributed by atoms with E-state index in [0.29, 0.717) is 6.42 Å². The summed E-state index contributed by atoms with van der Waals surface area (Å²) in [5, 5.41) is 44.7. The molecule has 7 unspecified atom stereocenters. The minimum Gasteiger partial charge on any atom is -0.394 e. The highest BCUT2D eigenvalue weighted by molar-refractivity contribution is 7.80. The van der Waals surface area contributed by atoms with E-state index in [1.54, 1.807) is 6.08 Å². The Labute approximate surface area is 372 Å². The van der Waals surface area contributed by atoms with E-state index in [1.807, 2.05) is 6.08 Å². The summed E-state index contributed by atoms with van der Waals surface area (Å²) in [6.45, 7) is 3.40. The van der Waals surface area contributed by atoms with E-state index in [9.17, 15) is 38.2 Å². The molecule has 61 heavy (non-hydrogen) atoms. The van der Waals surface area contributed by atoms with Crippen molar-refractivity contribution in [3.8, 4) is 0 Å². The Morgan fingerprint density at radius 2 is 1.03 bits per heavy atom. The molecule has 0 aromatic carbocycles. The number of carbonyl (C=O) groups excluding carboxylic acids is 1. The number of unbranched alkanes of at least 4 members (excludes halogenated alkanes) is 31. The summed E-state index contributed by atoms with van der Waals surface area (Å²) in [7, 11) is -5.08. The maximum Gasteiger partial charge on any atom is 0.397 e. The Hall–Kier alpha value is -1.16. The molecule has 0 radical (unpaired) electrons. The maximum atomic E-state index is 13.1. The number of aliphatic hydroxyl groups is 4. The predicted octanol–water partition coefficient (Wildman–Crippen LogP) is 10.3. The molecule has 7 atom stereocenters. The van der Waals surface area contributed by atoms with E-state index in [2.05, 4.69) is 23.3 Å². The Kier molecular flexibility index (Phi) is 37.2. The Bertz CT molecular complexity index is 1140. The van der Waals surface area contributed by atoms with Gasteiger partial charge in [0.25, 0.3) is 0 Å². The number of hydrogen-bond acceptors (Lipinski definition) is 10. The molecule has 12 nitrogen and oxygen atoms in total. The molecule has 0 saturated carbocycles. The second-order valence-corrected chi connectivity index (χ2v) is 18.8. The fraction of sp³-hybridized carbons (Fsp3) is 0.938. The van der Waals surface area contributed by atoms with Crippen LogP contribution < -0.4 is 5.32 Å². The van der Waals surface area contributed by atoms with Crippen LogP contribution in [0.15, 0.2) is 12.2 Å². The third-order valence-corrected chi connectivity index (χ3v) is 12.5. The van der Waals surface area contributed by atoms with Crippen LogP contribution in [0.25, 0.3) is 0 Å². The lowest BCUT2D eigenvalue weighted by Gasteiger charge is -2.41. The molecule has 0 aromatic rings. The zero-order valence-electron chi connectivity index (χ0n) is 38.7. The predicted molar refractivity (Wildman–Crippen MR) is 246 cm³/mol. The van der Waals surface area contributed by atoms with E-state index in [-0.39, 0.29) is 18.9 Å². The van der Waals surface area contributed by atoms with Crippen LogP contribution >= 0.6 is 0 Å². The minimum atomic E-state index is -5.08. The van der Waals surface area contributed by atoms with Gasteiger partial charge in [0.2, 0.25) is 5.91 Å². The topological polar surface area (TPSA) is 192 Å². The monoisotopic (exact) mass is 892 g/mol. The molecule has 13 heteroatoms. The molecule has 0 aromatic heterocycles. The smallest absolute Gasteiger partial charge is 0.394 e. The van der Waals surface area contributed by atoms with Crippen molar-refractivity contribution in [1.29, 1.82) is 0 Å². The van der Waals surface area contributed by atoms with Crippen molar-refractivity contribution in [3.63, 3.8) is 0 Å². The van der Waals surface area contributed by atoms with Crippen LogP contribution in [-0.4, -0.2) is 95.4 Å².